The standard InChI is InChI=1S/C18H20N2O/c1-12-8-9-15-17(13(12)2)20(11-5-10-19)16-7-4-3-6-14(16)18(15)21/h3-4,6-9H,5,10-11,19H2,1-2H3. The number of para-hydroxylation sites is 1. The number of aromatic nitrogens is 1. The second kappa shape index (κ2) is 5.34. The molecule has 3 aromatic rings. The molecule has 0 aliphatic rings. The summed E-state index contributed by atoms with van der Waals surface area (Å²) in [6, 6.07) is 11.8. The highest BCUT2D eigenvalue weighted by Crippen LogP contribution is 2.24. The molecule has 2 N–H and O–H groups in total. The molecule has 0 unspecified atom stereocenters. The van der Waals surface area contributed by atoms with Crippen molar-refractivity contribution < 1.29 is 0 Å². The van der Waals surface area contributed by atoms with Crippen molar-refractivity contribution in [2.75, 3.05) is 6.54 Å². The van der Waals surface area contributed by atoms with E-state index >= 15 is 0 Å². The lowest BCUT2D eigenvalue weighted by Crippen LogP contribution is -2.14. The maximum absolute atomic E-state index is 12.7. The van der Waals surface area contributed by atoms with Crippen LogP contribution in [0.1, 0.15) is 17.5 Å². The van der Waals surface area contributed by atoms with Crippen LogP contribution < -0.4 is 11.2 Å². The third-order valence-corrected chi connectivity index (χ3v) is 4.24. The van der Waals surface area contributed by atoms with Gasteiger partial charge in [-0.1, -0.05) is 18.2 Å². The van der Waals surface area contributed by atoms with Crippen LogP contribution in [0.4, 0.5) is 0 Å². The predicted molar refractivity (Wildman–Crippen MR) is 88.9 cm³/mol. The van der Waals surface area contributed by atoms with Crippen LogP contribution in [0.3, 0.4) is 0 Å². The van der Waals surface area contributed by atoms with Gasteiger partial charge in [-0.25, -0.2) is 0 Å². The van der Waals surface area contributed by atoms with Crippen molar-refractivity contribution >= 4 is 21.8 Å². The Kier molecular flexibility index (Phi) is 3.52. The average molecular weight is 280 g/mol. The number of rotatable bonds is 3. The molecule has 0 bridgehead atoms. The molecule has 108 valence electrons. The SMILES string of the molecule is Cc1ccc2c(=O)c3ccccc3n(CCCN)c2c1C. The highest BCUT2D eigenvalue weighted by Gasteiger charge is 2.12. The van der Waals surface area contributed by atoms with E-state index in [0.717, 1.165) is 34.8 Å². The lowest BCUT2D eigenvalue weighted by molar-refractivity contribution is 0.683. The van der Waals surface area contributed by atoms with Crippen LogP contribution in [0.2, 0.25) is 0 Å². The van der Waals surface area contributed by atoms with E-state index in [-0.39, 0.29) is 5.43 Å². The minimum Gasteiger partial charge on any atom is -0.340 e. The van der Waals surface area contributed by atoms with Crippen molar-refractivity contribution in [2.24, 2.45) is 5.73 Å². The van der Waals surface area contributed by atoms with Crippen LogP contribution in [-0.2, 0) is 6.54 Å². The molecule has 3 rings (SSSR count). The first-order valence-electron chi connectivity index (χ1n) is 7.36. The molecule has 1 aromatic heterocycles. The molecule has 0 aliphatic carbocycles. The Bertz CT molecular complexity index is 878. The van der Waals surface area contributed by atoms with Crippen molar-refractivity contribution in [1.82, 2.24) is 4.57 Å². The maximum atomic E-state index is 12.7. The number of aryl methyl sites for hydroxylation is 3. The van der Waals surface area contributed by atoms with Gasteiger partial charge >= 0.3 is 0 Å². The van der Waals surface area contributed by atoms with Crippen molar-refractivity contribution in [1.29, 1.82) is 0 Å². The molecule has 0 saturated carbocycles. The van der Waals surface area contributed by atoms with Crippen molar-refractivity contribution in [3.63, 3.8) is 0 Å². The Balaban J connectivity index is 2.53. The molecule has 0 saturated heterocycles. The summed E-state index contributed by atoms with van der Waals surface area (Å²) in [7, 11) is 0. The van der Waals surface area contributed by atoms with Gasteiger partial charge in [0.2, 0.25) is 0 Å². The largest absolute Gasteiger partial charge is 0.340 e. The number of hydrogen-bond acceptors (Lipinski definition) is 2. The zero-order valence-electron chi connectivity index (χ0n) is 12.5. The van der Waals surface area contributed by atoms with Gasteiger partial charge in [-0.2, -0.15) is 0 Å². The lowest BCUT2D eigenvalue weighted by Gasteiger charge is -2.17. The number of pyridine rings is 1. The van der Waals surface area contributed by atoms with E-state index in [2.05, 4.69) is 18.4 Å². The van der Waals surface area contributed by atoms with Gasteiger partial charge in [-0.3, -0.25) is 4.79 Å². The maximum Gasteiger partial charge on any atom is 0.197 e. The topological polar surface area (TPSA) is 48.0 Å². The van der Waals surface area contributed by atoms with Crippen molar-refractivity contribution in [2.45, 2.75) is 26.8 Å². The molecule has 21 heavy (non-hydrogen) atoms. The molecular weight excluding hydrogens is 260 g/mol. The molecule has 0 atom stereocenters. The van der Waals surface area contributed by atoms with E-state index in [0.29, 0.717) is 6.54 Å². The highest BCUT2D eigenvalue weighted by molar-refractivity contribution is 5.95. The quantitative estimate of drug-likeness (QED) is 0.749. The van der Waals surface area contributed by atoms with E-state index in [9.17, 15) is 4.79 Å². The summed E-state index contributed by atoms with van der Waals surface area (Å²) in [6.45, 7) is 5.65. The van der Waals surface area contributed by atoms with Crippen molar-refractivity contribution in [3.05, 3.63) is 57.7 Å². The second-order valence-electron chi connectivity index (χ2n) is 5.54. The summed E-state index contributed by atoms with van der Waals surface area (Å²) in [5.74, 6) is 0. The van der Waals surface area contributed by atoms with E-state index in [1.54, 1.807) is 0 Å². The third kappa shape index (κ3) is 2.14. The fourth-order valence-corrected chi connectivity index (χ4v) is 2.98. The van der Waals surface area contributed by atoms with Crippen LogP contribution >= 0.6 is 0 Å². The normalized spacial score (nSPS) is 11.4. The number of benzene rings is 2. The molecule has 0 aliphatic heterocycles. The molecule has 3 heteroatoms. The minimum atomic E-state index is 0.118. The Morgan fingerprint density at radius 3 is 2.57 bits per heavy atom. The van der Waals surface area contributed by atoms with Crippen LogP contribution in [0.15, 0.2) is 41.2 Å². The molecule has 0 spiro atoms. The fraction of sp³-hybridized carbons (Fsp3) is 0.278. The Morgan fingerprint density at radius 2 is 1.81 bits per heavy atom. The zero-order valence-corrected chi connectivity index (χ0v) is 12.5. The van der Waals surface area contributed by atoms with Gasteiger partial charge in [0.25, 0.3) is 0 Å². The Labute approximate surface area is 124 Å². The van der Waals surface area contributed by atoms with Gasteiger partial charge in [-0.15, -0.1) is 0 Å². The molecule has 0 radical (unpaired) electrons. The molecular formula is C18H20N2O. The van der Waals surface area contributed by atoms with Gasteiger partial charge in [0.05, 0.1) is 11.0 Å². The van der Waals surface area contributed by atoms with Gasteiger partial charge in [0, 0.05) is 17.3 Å². The zero-order chi connectivity index (χ0) is 15.0. The highest BCUT2D eigenvalue weighted by atomic mass is 16.1. The monoisotopic (exact) mass is 280 g/mol. The van der Waals surface area contributed by atoms with E-state index in [1.165, 1.54) is 11.1 Å². The smallest absolute Gasteiger partial charge is 0.197 e. The van der Waals surface area contributed by atoms with E-state index in [4.69, 9.17) is 5.73 Å². The molecule has 0 fully saturated rings. The summed E-state index contributed by atoms with van der Waals surface area (Å²) in [6.07, 6.45) is 0.898. The van der Waals surface area contributed by atoms with Crippen LogP contribution in [0.5, 0.6) is 0 Å². The summed E-state index contributed by atoms with van der Waals surface area (Å²) in [4.78, 5) is 12.7. The predicted octanol–water partition coefficient (Wildman–Crippen LogP) is 3.12. The first-order valence-corrected chi connectivity index (χ1v) is 7.36. The van der Waals surface area contributed by atoms with Crippen LogP contribution in [-0.4, -0.2) is 11.1 Å². The van der Waals surface area contributed by atoms with E-state index < -0.39 is 0 Å². The van der Waals surface area contributed by atoms with Gasteiger partial charge in [-0.05, 0) is 56.1 Å². The molecule has 0 amide bonds. The Morgan fingerprint density at radius 1 is 1.05 bits per heavy atom. The van der Waals surface area contributed by atoms with Gasteiger partial charge in [0.1, 0.15) is 0 Å². The average Bonchev–Trinajstić information content (AvgIpc) is 2.51. The van der Waals surface area contributed by atoms with Gasteiger partial charge in [0.15, 0.2) is 5.43 Å². The molecule has 3 nitrogen and oxygen atoms in total. The van der Waals surface area contributed by atoms with Crippen LogP contribution in [0.25, 0.3) is 21.8 Å². The lowest BCUT2D eigenvalue weighted by atomic mass is 10.0. The fourth-order valence-electron chi connectivity index (χ4n) is 2.98. The second-order valence-corrected chi connectivity index (χ2v) is 5.54. The number of nitrogens with zero attached hydrogens (tertiary/aromatic N) is 1. The van der Waals surface area contributed by atoms with E-state index in [1.807, 2.05) is 36.4 Å². The first-order chi connectivity index (χ1) is 10.1. The number of fused-ring (bicyclic) bond motifs is 2. The number of hydrogen-bond donors (Lipinski definition) is 1. The first kappa shape index (κ1) is 13.8. The summed E-state index contributed by atoms with van der Waals surface area (Å²) in [5.41, 5.74) is 10.2. The van der Waals surface area contributed by atoms with Gasteiger partial charge < -0.3 is 10.3 Å². The summed E-state index contributed by atoms with van der Waals surface area (Å²) in [5, 5.41) is 1.58. The third-order valence-electron chi connectivity index (χ3n) is 4.24. The Hall–Kier alpha value is -2.13. The summed E-state index contributed by atoms with van der Waals surface area (Å²) >= 11 is 0. The van der Waals surface area contributed by atoms with Crippen molar-refractivity contribution in [3.8, 4) is 0 Å². The molecule has 1 heterocycles. The molecule has 2 aromatic carbocycles. The van der Waals surface area contributed by atoms with Crippen LogP contribution in [0, 0.1) is 13.8 Å². The minimum absolute atomic E-state index is 0.118. The number of nitrogens with two attached hydrogens (primary N) is 1. The summed E-state index contributed by atoms with van der Waals surface area (Å²) < 4.78 is 2.25.